The molecule has 2 aromatic rings. The average molecular weight is 370 g/mol. The molecule has 140 valence electrons. The Morgan fingerprint density at radius 2 is 1.04 bits per heavy atom. The van der Waals surface area contributed by atoms with Gasteiger partial charge >= 0.3 is 23.9 Å². The van der Waals surface area contributed by atoms with Gasteiger partial charge in [-0.1, -0.05) is 12.1 Å². The summed E-state index contributed by atoms with van der Waals surface area (Å²) in [5.74, 6) is -3.25. The van der Waals surface area contributed by atoms with Crippen LogP contribution in [-0.4, -0.2) is 23.9 Å². The highest BCUT2D eigenvalue weighted by atomic mass is 16.6. The number of hydrogen-bond donors (Lipinski definition) is 0. The fourth-order valence-electron chi connectivity index (χ4n) is 2.29. The summed E-state index contributed by atoms with van der Waals surface area (Å²) in [6, 6.07) is 9.06. The van der Waals surface area contributed by atoms with Crippen LogP contribution >= 0.6 is 0 Å². The lowest BCUT2D eigenvalue weighted by Gasteiger charge is -2.11. The number of aryl methyl sites for hydroxylation is 2. The maximum absolute atomic E-state index is 12.5. The molecular weight excluding hydrogens is 352 g/mol. The molecule has 0 amide bonds. The van der Waals surface area contributed by atoms with Gasteiger partial charge in [-0.2, -0.15) is 0 Å². The van der Waals surface area contributed by atoms with Gasteiger partial charge < -0.3 is 14.2 Å². The van der Waals surface area contributed by atoms with Gasteiger partial charge in [-0.05, 0) is 49.2 Å². The van der Waals surface area contributed by atoms with Crippen molar-refractivity contribution in [2.45, 2.75) is 27.7 Å². The van der Waals surface area contributed by atoms with Crippen LogP contribution in [0.1, 0.15) is 45.7 Å². The molecule has 0 fully saturated rings. The quantitative estimate of drug-likeness (QED) is 0.463. The normalized spacial score (nSPS) is 10.1. The van der Waals surface area contributed by atoms with Crippen molar-refractivity contribution in [1.29, 1.82) is 0 Å². The van der Waals surface area contributed by atoms with E-state index in [2.05, 4.69) is 0 Å². The van der Waals surface area contributed by atoms with Crippen molar-refractivity contribution in [1.82, 2.24) is 0 Å². The largest absolute Gasteiger partial charge is 0.426 e. The zero-order chi connectivity index (χ0) is 20.1. The molecule has 2 rings (SSSR count). The smallest absolute Gasteiger partial charge is 0.349 e. The Morgan fingerprint density at radius 3 is 1.37 bits per heavy atom. The summed E-state index contributed by atoms with van der Waals surface area (Å²) in [5, 5.41) is 0. The highest BCUT2D eigenvalue weighted by Crippen LogP contribution is 2.24. The standard InChI is InChI=1S/C20H18O7/c1-11-5-7-17(25-13(3)21)15(9-11)19(23)27-20(24)16-10-12(2)6-8-18(16)26-14(4)22/h5-10H,1-4H3. The molecule has 0 aliphatic rings. The number of rotatable bonds is 4. The van der Waals surface area contributed by atoms with Crippen LogP contribution in [0.4, 0.5) is 0 Å². The Labute approximate surface area is 155 Å². The minimum absolute atomic E-state index is 0.0182. The summed E-state index contributed by atoms with van der Waals surface area (Å²) in [4.78, 5) is 47.3. The van der Waals surface area contributed by atoms with E-state index in [1.165, 1.54) is 38.1 Å². The van der Waals surface area contributed by atoms with Gasteiger partial charge in [0.2, 0.25) is 0 Å². The van der Waals surface area contributed by atoms with Crippen molar-refractivity contribution in [2.24, 2.45) is 0 Å². The Bertz CT molecular complexity index is 852. The minimum Gasteiger partial charge on any atom is -0.426 e. The van der Waals surface area contributed by atoms with E-state index >= 15 is 0 Å². The van der Waals surface area contributed by atoms with E-state index in [0.29, 0.717) is 11.1 Å². The second kappa shape index (κ2) is 8.27. The molecule has 7 nitrogen and oxygen atoms in total. The first-order chi connectivity index (χ1) is 12.7. The molecule has 2 aromatic carbocycles. The molecule has 27 heavy (non-hydrogen) atoms. The minimum atomic E-state index is -0.991. The molecule has 0 bridgehead atoms. The van der Waals surface area contributed by atoms with Gasteiger partial charge in [0, 0.05) is 13.8 Å². The molecule has 0 N–H and O–H groups in total. The van der Waals surface area contributed by atoms with E-state index in [1.54, 1.807) is 26.0 Å². The summed E-state index contributed by atoms with van der Waals surface area (Å²) < 4.78 is 14.9. The monoisotopic (exact) mass is 370 g/mol. The second-order valence-electron chi connectivity index (χ2n) is 5.86. The molecular formula is C20H18O7. The van der Waals surface area contributed by atoms with E-state index in [4.69, 9.17) is 14.2 Å². The predicted molar refractivity (Wildman–Crippen MR) is 94.7 cm³/mol. The Morgan fingerprint density at radius 1 is 0.667 bits per heavy atom. The highest BCUT2D eigenvalue weighted by molar-refractivity contribution is 6.05. The van der Waals surface area contributed by atoms with E-state index in [0.717, 1.165) is 0 Å². The molecule has 0 radical (unpaired) electrons. The van der Waals surface area contributed by atoms with Crippen LogP contribution in [0.2, 0.25) is 0 Å². The Hall–Kier alpha value is -3.48. The third kappa shape index (κ3) is 5.24. The highest BCUT2D eigenvalue weighted by Gasteiger charge is 2.23. The SMILES string of the molecule is CC(=O)Oc1ccc(C)cc1C(=O)OC(=O)c1cc(C)ccc1OC(C)=O. The maximum atomic E-state index is 12.5. The first-order valence-electron chi connectivity index (χ1n) is 8.02. The number of benzene rings is 2. The molecule has 7 heteroatoms. The van der Waals surface area contributed by atoms with Crippen LogP contribution in [0.3, 0.4) is 0 Å². The van der Waals surface area contributed by atoms with Gasteiger partial charge in [-0.3, -0.25) is 9.59 Å². The topological polar surface area (TPSA) is 96.0 Å². The zero-order valence-electron chi connectivity index (χ0n) is 15.3. The van der Waals surface area contributed by atoms with Crippen LogP contribution in [0.5, 0.6) is 11.5 Å². The second-order valence-corrected chi connectivity index (χ2v) is 5.86. The predicted octanol–water partition coefficient (Wildman–Crippen LogP) is 3.15. The van der Waals surface area contributed by atoms with Crippen molar-refractivity contribution >= 4 is 23.9 Å². The van der Waals surface area contributed by atoms with E-state index in [-0.39, 0.29) is 22.6 Å². The van der Waals surface area contributed by atoms with Gasteiger partial charge in [-0.25, -0.2) is 9.59 Å². The molecule has 0 atom stereocenters. The number of carbonyl (C=O) groups is 4. The molecule has 0 aromatic heterocycles. The van der Waals surface area contributed by atoms with Gasteiger partial charge in [0.25, 0.3) is 0 Å². The van der Waals surface area contributed by atoms with Crippen LogP contribution in [0.15, 0.2) is 36.4 Å². The Kier molecular flexibility index (Phi) is 6.07. The van der Waals surface area contributed by atoms with Crippen molar-refractivity contribution in [2.75, 3.05) is 0 Å². The van der Waals surface area contributed by atoms with Crippen molar-refractivity contribution < 1.29 is 33.4 Å². The van der Waals surface area contributed by atoms with E-state index in [9.17, 15) is 19.2 Å². The maximum Gasteiger partial charge on any atom is 0.349 e. The first-order valence-corrected chi connectivity index (χ1v) is 8.02. The van der Waals surface area contributed by atoms with Crippen LogP contribution < -0.4 is 9.47 Å². The van der Waals surface area contributed by atoms with E-state index in [1.807, 2.05) is 0 Å². The molecule has 0 saturated heterocycles. The number of hydrogen-bond acceptors (Lipinski definition) is 7. The van der Waals surface area contributed by atoms with Gasteiger partial charge in [-0.15, -0.1) is 0 Å². The Balaban J connectivity index is 2.33. The lowest BCUT2D eigenvalue weighted by molar-refractivity contribution is -0.132. The lowest BCUT2D eigenvalue weighted by atomic mass is 10.1. The van der Waals surface area contributed by atoms with Gasteiger partial charge in [0.1, 0.15) is 22.6 Å². The number of carbonyl (C=O) groups excluding carboxylic acids is 4. The summed E-state index contributed by atoms with van der Waals surface area (Å²) in [6.07, 6.45) is 0. The van der Waals surface area contributed by atoms with Crippen LogP contribution in [0, 0.1) is 13.8 Å². The third-order valence-corrected chi connectivity index (χ3v) is 3.40. The summed E-state index contributed by atoms with van der Waals surface area (Å²) in [6.45, 7) is 5.85. The van der Waals surface area contributed by atoms with Crippen LogP contribution in [-0.2, 0) is 14.3 Å². The van der Waals surface area contributed by atoms with E-state index < -0.39 is 23.9 Å². The first kappa shape index (κ1) is 19.8. The summed E-state index contributed by atoms with van der Waals surface area (Å²) >= 11 is 0. The summed E-state index contributed by atoms with van der Waals surface area (Å²) in [5.41, 5.74) is 1.28. The fraction of sp³-hybridized carbons (Fsp3) is 0.200. The summed E-state index contributed by atoms with van der Waals surface area (Å²) in [7, 11) is 0. The van der Waals surface area contributed by atoms with Crippen molar-refractivity contribution in [3.8, 4) is 11.5 Å². The van der Waals surface area contributed by atoms with Gasteiger partial charge in [0.15, 0.2) is 0 Å². The third-order valence-electron chi connectivity index (χ3n) is 3.40. The van der Waals surface area contributed by atoms with Crippen molar-refractivity contribution in [3.05, 3.63) is 58.7 Å². The molecule has 0 aliphatic carbocycles. The fourth-order valence-corrected chi connectivity index (χ4v) is 2.29. The molecule has 0 aliphatic heterocycles. The number of ether oxygens (including phenoxy) is 3. The average Bonchev–Trinajstić information content (AvgIpc) is 2.57. The zero-order valence-corrected chi connectivity index (χ0v) is 15.3. The van der Waals surface area contributed by atoms with Gasteiger partial charge in [0.05, 0.1) is 0 Å². The van der Waals surface area contributed by atoms with Crippen molar-refractivity contribution in [3.63, 3.8) is 0 Å². The molecule has 0 unspecified atom stereocenters. The molecule has 0 saturated carbocycles. The molecule has 0 heterocycles. The number of esters is 4. The van der Waals surface area contributed by atoms with Crippen LogP contribution in [0.25, 0.3) is 0 Å². The molecule has 0 spiro atoms. The lowest BCUT2D eigenvalue weighted by Crippen LogP contribution is -2.17.